The molecular formula is C13H15Cl2NO2. The molecule has 3 nitrogen and oxygen atoms in total. The van der Waals surface area contributed by atoms with Crippen molar-refractivity contribution in [2.24, 2.45) is 0 Å². The molecule has 1 unspecified atom stereocenters. The summed E-state index contributed by atoms with van der Waals surface area (Å²) in [5.74, 6) is 0.155. The van der Waals surface area contributed by atoms with Gasteiger partial charge in [0.05, 0.1) is 13.2 Å². The number of Topliss-reactive ketones (excluding diaryl/α,β-unsaturated/α-hetero) is 1. The number of ether oxygens (including phenoxy) is 1. The number of rotatable bonds is 4. The molecule has 0 spiro atoms. The molecule has 1 atom stereocenters. The molecule has 0 bridgehead atoms. The molecule has 2 rings (SSSR count). The summed E-state index contributed by atoms with van der Waals surface area (Å²) in [6.45, 7) is 2.12. The van der Waals surface area contributed by atoms with E-state index < -0.39 is 0 Å². The Morgan fingerprint density at radius 1 is 1.44 bits per heavy atom. The van der Waals surface area contributed by atoms with Crippen molar-refractivity contribution in [2.75, 3.05) is 19.8 Å². The van der Waals surface area contributed by atoms with Crippen LogP contribution in [0.4, 0.5) is 0 Å². The number of halogens is 2. The lowest BCUT2D eigenvalue weighted by atomic mass is 10.0. The van der Waals surface area contributed by atoms with Gasteiger partial charge in [0.1, 0.15) is 5.78 Å². The van der Waals surface area contributed by atoms with Crippen molar-refractivity contribution in [3.63, 3.8) is 0 Å². The van der Waals surface area contributed by atoms with Gasteiger partial charge in [-0.25, -0.2) is 0 Å². The summed E-state index contributed by atoms with van der Waals surface area (Å²) in [4.78, 5) is 11.9. The van der Waals surface area contributed by atoms with E-state index in [1.54, 1.807) is 18.2 Å². The molecule has 1 aromatic rings. The first-order valence-corrected chi connectivity index (χ1v) is 6.67. The van der Waals surface area contributed by atoms with E-state index in [2.05, 4.69) is 5.32 Å². The van der Waals surface area contributed by atoms with Crippen LogP contribution in [0.5, 0.6) is 0 Å². The van der Waals surface area contributed by atoms with Gasteiger partial charge in [0.15, 0.2) is 0 Å². The predicted molar refractivity (Wildman–Crippen MR) is 72.4 cm³/mol. The van der Waals surface area contributed by atoms with E-state index in [9.17, 15) is 4.79 Å². The summed E-state index contributed by atoms with van der Waals surface area (Å²) >= 11 is 11.9. The number of carbonyl (C=O) groups is 1. The first-order valence-electron chi connectivity index (χ1n) is 5.92. The topological polar surface area (TPSA) is 38.3 Å². The summed E-state index contributed by atoms with van der Waals surface area (Å²) in [6.07, 6.45) is 0.813. The molecule has 1 aliphatic heterocycles. The third kappa shape index (κ3) is 3.95. The Hall–Kier alpha value is -0.610. The Kier molecular flexibility index (Phi) is 5.01. The van der Waals surface area contributed by atoms with Crippen molar-refractivity contribution < 1.29 is 9.53 Å². The molecule has 0 aromatic heterocycles. The lowest BCUT2D eigenvalue weighted by molar-refractivity contribution is -0.119. The molecule has 0 aliphatic carbocycles. The van der Waals surface area contributed by atoms with Crippen LogP contribution in [-0.2, 0) is 16.0 Å². The maximum atomic E-state index is 11.9. The van der Waals surface area contributed by atoms with Crippen LogP contribution >= 0.6 is 23.2 Å². The van der Waals surface area contributed by atoms with E-state index in [1.807, 2.05) is 0 Å². The minimum Gasteiger partial charge on any atom is -0.379 e. The number of hydrogen-bond donors (Lipinski definition) is 1. The zero-order valence-corrected chi connectivity index (χ0v) is 11.4. The third-order valence-corrected chi connectivity index (χ3v) is 3.46. The van der Waals surface area contributed by atoms with Gasteiger partial charge in [-0.15, -0.1) is 0 Å². The van der Waals surface area contributed by atoms with Gasteiger partial charge in [0.2, 0.25) is 0 Å². The molecule has 1 saturated heterocycles. The summed E-state index contributed by atoms with van der Waals surface area (Å²) in [7, 11) is 0. The Morgan fingerprint density at radius 3 is 2.94 bits per heavy atom. The highest BCUT2D eigenvalue weighted by Crippen LogP contribution is 2.22. The van der Waals surface area contributed by atoms with E-state index >= 15 is 0 Å². The first kappa shape index (κ1) is 13.8. The van der Waals surface area contributed by atoms with Crippen molar-refractivity contribution in [1.29, 1.82) is 0 Å². The lowest BCUT2D eigenvalue weighted by Gasteiger charge is -2.23. The fourth-order valence-corrected chi connectivity index (χ4v) is 2.45. The van der Waals surface area contributed by atoms with Crippen LogP contribution in [0.3, 0.4) is 0 Å². The van der Waals surface area contributed by atoms with Crippen LogP contribution in [0.15, 0.2) is 18.2 Å². The molecule has 1 aromatic carbocycles. The minimum atomic E-state index is 0.123. The average molecular weight is 288 g/mol. The fraction of sp³-hybridized carbons (Fsp3) is 0.462. The highest BCUT2D eigenvalue weighted by Gasteiger charge is 2.17. The predicted octanol–water partition coefficient (Wildman–Crippen LogP) is 2.48. The van der Waals surface area contributed by atoms with Gasteiger partial charge >= 0.3 is 0 Å². The SMILES string of the molecule is O=C(Cc1ccc(Cl)cc1Cl)CC1COCCN1. The molecule has 0 saturated carbocycles. The van der Waals surface area contributed by atoms with Crippen molar-refractivity contribution in [1.82, 2.24) is 5.32 Å². The number of hydrogen-bond acceptors (Lipinski definition) is 3. The summed E-state index contributed by atoms with van der Waals surface area (Å²) in [5, 5.41) is 4.39. The molecule has 1 heterocycles. The Bertz CT molecular complexity index is 431. The zero-order valence-electron chi connectivity index (χ0n) is 9.92. The Balaban J connectivity index is 1.90. The van der Waals surface area contributed by atoms with Gasteiger partial charge in [-0.3, -0.25) is 4.79 Å². The van der Waals surface area contributed by atoms with Gasteiger partial charge in [0.25, 0.3) is 0 Å². The van der Waals surface area contributed by atoms with E-state index in [4.69, 9.17) is 27.9 Å². The van der Waals surface area contributed by atoms with E-state index in [1.165, 1.54) is 0 Å². The minimum absolute atomic E-state index is 0.123. The largest absolute Gasteiger partial charge is 0.379 e. The number of benzene rings is 1. The molecule has 0 radical (unpaired) electrons. The van der Waals surface area contributed by atoms with Crippen molar-refractivity contribution in [3.8, 4) is 0 Å². The number of carbonyl (C=O) groups excluding carboxylic acids is 1. The van der Waals surface area contributed by atoms with E-state index in [0.29, 0.717) is 36.1 Å². The molecule has 1 aliphatic rings. The van der Waals surface area contributed by atoms with Gasteiger partial charge < -0.3 is 10.1 Å². The third-order valence-electron chi connectivity index (χ3n) is 2.88. The summed E-state index contributed by atoms with van der Waals surface area (Å²) < 4.78 is 5.31. The van der Waals surface area contributed by atoms with E-state index in [-0.39, 0.29) is 11.8 Å². The summed E-state index contributed by atoms with van der Waals surface area (Å²) in [5.41, 5.74) is 0.822. The first-order chi connectivity index (χ1) is 8.65. The van der Waals surface area contributed by atoms with Gasteiger partial charge in [-0.1, -0.05) is 29.3 Å². The quantitative estimate of drug-likeness (QED) is 0.925. The van der Waals surface area contributed by atoms with E-state index in [0.717, 1.165) is 12.1 Å². The second-order valence-electron chi connectivity index (χ2n) is 4.38. The maximum Gasteiger partial charge on any atom is 0.138 e. The molecule has 1 fully saturated rings. The number of morpholine rings is 1. The molecule has 0 amide bonds. The smallest absolute Gasteiger partial charge is 0.138 e. The average Bonchev–Trinajstić information content (AvgIpc) is 2.34. The zero-order chi connectivity index (χ0) is 13.0. The van der Waals surface area contributed by atoms with Crippen LogP contribution in [0.1, 0.15) is 12.0 Å². The number of nitrogens with one attached hydrogen (secondary N) is 1. The normalized spacial score (nSPS) is 19.8. The molecule has 5 heteroatoms. The van der Waals surface area contributed by atoms with Gasteiger partial charge in [-0.2, -0.15) is 0 Å². The van der Waals surface area contributed by atoms with Crippen LogP contribution in [0, 0.1) is 0 Å². The lowest BCUT2D eigenvalue weighted by Crippen LogP contribution is -2.42. The van der Waals surface area contributed by atoms with Crippen LogP contribution in [0.25, 0.3) is 0 Å². The van der Waals surface area contributed by atoms with Crippen LogP contribution in [0.2, 0.25) is 10.0 Å². The molecular weight excluding hydrogens is 273 g/mol. The second kappa shape index (κ2) is 6.53. The van der Waals surface area contributed by atoms with Crippen molar-refractivity contribution in [3.05, 3.63) is 33.8 Å². The molecule has 1 N–H and O–H groups in total. The molecule has 98 valence electrons. The van der Waals surface area contributed by atoms with Crippen molar-refractivity contribution in [2.45, 2.75) is 18.9 Å². The Morgan fingerprint density at radius 2 is 2.28 bits per heavy atom. The molecule has 18 heavy (non-hydrogen) atoms. The second-order valence-corrected chi connectivity index (χ2v) is 5.22. The monoisotopic (exact) mass is 287 g/mol. The maximum absolute atomic E-state index is 11.9. The summed E-state index contributed by atoms with van der Waals surface area (Å²) in [6, 6.07) is 5.33. The number of ketones is 1. The highest BCUT2D eigenvalue weighted by atomic mass is 35.5. The Labute approximate surface area is 116 Å². The van der Waals surface area contributed by atoms with Gasteiger partial charge in [-0.05, 0) is 17.7 Å². The standard InChI is InChI=1S/C13H15Cl2NO2/c14-10-2-1-9(13(15)6-10)5-12(17)7-11-8-18-4-3-16-11/h1-2,6,11,16H,3-5,7-8H2. The van der Waals surface area contributed by atoms with Gasteiger partial charge in [0, 0.05) is 35.5 Å². The fourth-order valence-electron chi connectivity index (χ4n) is 1.98. The van der Waals surface area contributed by atoms with Crippen molar-refractivity contribution >= 4 is 29.0 Å². The van der Waals surface area contributed by atoms with Crippen LogP contribution in [-0.4, -0.2) is 31.6 Å². The highest BCUT2D eigenvalue weighted by molar-refractivity contribution is 6.35. The van der Waals surface area contributed by atoms with Crippen LogP contribution < -0.4 is 5.32 Å².